The molecule has 0 radical (unpaired) electrons. The normalized spacial score (nSPS) is 10.4. The van der Waals surface area contributed by atoms with Crippen molar-refractivity contribution in [2.24, 2.45) is 5.92 Å². The Hall–Kier alpha value is -3.18. The smallest absolute Gasteiger partial charge is 0.119 e. The van der Waals surface area contributed by atoms with Crippen LogP contribution in [0.5, 0.6) is 17.2 Å². The van der Waals surface area contributed by atoms with E-state index in [1.165, 1.54) is 6.42 Å². The van der Waals surface area contributed by atoms with Gasteiger partial charge in [0, 0.05) is 0 Å². The van der Waals surface area contributed by atoms with Crippen LogP contribution < -0.4 is 14.2 Å². The molecule has 0 spiro atoms. The molecule has 3 aromatic rings. The van der Waals surface area contributed by atoms with Crippen molar-refractivity contribution in [1.29, 1.82) is 0 Å². The fourth-order valence-electron chi connectivity index (χ4n) is 2.29. The summed E-state index contributed by atoms with van der Waals surface area (Å²) in [6.07, 6.45) is -1.15. The SMILES string of the molecule is CC.CC.CC.CC.CC(C)C.CCC.OCC(O)COc1ccccc1.OCC(O)COc1ccccc1.OCC(O)COc1ccccc1. The molecule has 0 saturated carbocycles. The Labute approximate surface area is 312 Å². The van der Waals surface area contributed by atoms with Gasteiger partial charge in [-0.15, -0.1) is 0 Å². The van der Waals surface area contributed by atoms with Gasteiger partial charge in [-0.3, -0.25) is 0 Å². The molecule has 0 bridgehead atoms. The number of hydrogen-bond donors (Lipinski definition) is 6. The van der Waals surface area contributed by atoms with E-state index >= 15 is 0 Å². The molecule has 0 amide bonds. The van der Waals surface area contributed by atoms with Gasteiger partial charge >= 0.3 is 0 Å². The van der Waals surface area contributed by atoms with Crippen LogP contribution in [0, 0.1) is 5.92 Å². The first-order valence-electron chi connectivity index (χ1n) is 18.5. The molecule has 0 aliphatic rings. The molecule has 0 fully saturated rings. The van der Waals surface area contributed by atoms with Gasteiger partial charge in [0.15, 0.2) is 0 Å². The Morgan fingerprint density at radius 2 is 0.569 bits per heavy atom. The fraction of sp³-hybridized carbons (Fsp3) is 0.571. The fourth-order valence-corrected chi connectivity index (χ4v) is 2.29. The molecule has 0 heterocycles. The lowest BCUT2D eigenvalue weighted by Crippen LogP contribution is -2.21. The Morgan fingerprint density at radius 1 is 0.412 bits per heavy atom. The molecule has 0 saturated heterocycles. The number of hydrogen-bond acceptors (Lipinski definition) is 9. The molecular weight excluding hydrogens is 648 g/mol. The van der Waals surface area contributed by atoms with Crippen LogP contribution in [-0.2, 0) is 0 Å². The zero-order valence-corrected chi connectivity index (χ0v) is 34.3. The number of aliphatic hydroxyl groups is 6. The highest BCUT2D eigenvalue weighted by molar-refractivity contribution is 5.22. The zero-order valence-electron chi connectivity index (χ0n) is 34.3. The van der Waals surface area contributed by atoms with Crippen LogP contribution in [0.25, 0.3) is 0 Å². The maximum Gasteiger partial charge on any atom is 0.119 e. The van der Waals surface area contributed by atoms with Crippen LogP contribution >= 0.6 is 0 Å². The van der Waals surface area contributed by atoms with E-state index in [2.05, 4.69) is 34.6 Å². The molecule has 3 atom stereocenters. The van der Waals surface area contributed by atoms with Gasteiger partial charge in [-0.25, -0.2) is 0 Å². The number of rotatable bonds is 12. The average molecular weight is 727 g/mol. The van der Waals surface area contributed by atoms with Gasteiger partial charge in [0.1, 0.15) is 55.4 Å². The average Bonchev–Trinajstić information content (AvgIpc) is 3.20. The lowest BCUT2D eigenvalue weighted by Gasteiger charge is -2.08. The molecule has 300 valence electrons. The van der Waals surface area contributed by atoms with Crippen LogP contribution in [0.1, 0.15) is 96.4 Å². The van der Waals surface area contributed by atoms with Crippen LogP contribution in [0.15, 0.2) is 91.0 Å². The topological polar surface area (TPSA) is 149 Å². The zero-order chi connectivity index (χ0) is 40.7. The second-order valence-corrected chi connectivity index (χ2v) is 9.82. The predicted octanol–water partition coefficient (Wildman–Crippen LogP) is 8.44. The molecule has 3 unspecified atom stereocenters. The maximum atomic E-state index is 8.94. The van der Waals surface area contributed by atoms with Gasteiger partial charge in [-0.2, -0.15) is 0 Å². The summed E-state index contributed by atoms with van der Waals surface area (Å²) in [6, 6.07) is 27.5. The summed E-state index contributed by atoms with van der Waals surface area (Å²) in [5, 5.41) is 52.3. The number of aliphatic hydroxyl groups excluding tert-OH is 6. The molecule has 0 aliphatic heterocycles. The molecular formula is C42H78O9. The van der Waals surface area contributed by atoms with Crippen LogP contribution in [-0.4, -0.2) is 88.6 Å². The Balaban J connectivity index is -0.000000125. The van der Waals surface area contributed by atoms with Gasteiger partial charge in [-0.05, 0) is 42.3 Å². The first-order valence-corrected chi connectivity index (χ1v) is 18.5. The Bertz CT molecular complexity index is 810. The molecule has 51 heavy (non-hydrogen) atoms. The first-order chi connectivity index (χ1) is 24.6. The van der Waals surface area contributed by atoms with Crippen molar-refractivity contribution in [2.75, 3.05) is 39.6 Å². The van der Waals surface area contributed by atoms with Gasteiger partial charge < -0.3 is 44.8 Å². The minimum Gasteiger partial charge on any atom is -0.491 e. The van der Waals surface area contributed by atoms with Gasteiger partial charge in [0.2, 0.25) is 0 Å². The minimum absolute atomic E-state index is 0.126. The summed E-state index contributed by atoms with van der Waals surface area (Å²) in [5.41, 5.74) is 0. The highest BCUT2D eigenvalue weighted by Crippen LogP contribution is 2.09. The third-order valence-corrected chi connectivity index (χ3v) is 4.19. The van der Waals surface area contributed by atoms with E-state index in [1.54, 1.807) is 36.4 Å². The lowest BCUT2D eigenvalue weighted by atomic mass is 10.3. The molecule has 0 aliphatic carbocycles. The quantitative estimate of drug-likeness (QED) is 0.108. The Morgan fingerprint density at radius 3 is 0.706 bits per heavy atom. The van der Waals surface area contributed by atoms with Gasteiger partial charge in [0.25, 0.3) is 0 Å². The molecule has 3 rings (SSSR count). The number of ether oxygens (including phenoxy) is 3. The first kappa shape index (κ1) is 59.9. The summed E-state index contributed by atoms with van der Waals surface area (Å²) in [6.45, 7) is 26.3. The van der Waals surface area contributed by atoms with Crippen molar-refractivity contribution in [1.82, 2.24) is 0 Å². The van der Waals surface area contributed by atoms with E-state index in [1.807, 2.05) is 110 Å². The highest BCUT2D eigenvalue weighted by Gasteiger charge is 2.03. The van der Waals surface area contributed by atoms with Crippen molar-refractivity contribution in [3.05, 3.63) is 91.0 Å². The monoisotopic (exact) mass is 727 g/mol. The minimum atomic E-state index is -0.801. The molecule has 3 aromatic carbocycles. The highest BCUT2D eigenvalue weighted by atomic mass is 16.5. The van der Waals surface area contributed by atoms with Crippen molar-refractivity contribution >= 4 is 0 Å². The van der Waals surface area contributed by atoms with E-state index in [0.717, 1.165) is 5.92 Å². The van der Waals surface area contributed by atoms with Crippen molar-refractivity contribution in [3.63, 3.8) is 0 Å². The number of benzene rings is 3. The number of para-hydroxylation sites is 3. The van der Waals surface area contributed by atoms with E-state index in [9.17, 15) is 0 Å². The third-order valence-electron chi connectivity index (χ3n) is 4.19. The van der Waals surface area contributed by atoms with E-state index in [-0.39, 0.29) is 39.6 Å². The van der Waals surface area contributed by atoms with E-state index < -0.39 is 18.3 Å². The van der Waals surface area contributed by atoms with Crippen molar-refractivity contribution < 1.29 is 44.8 Å². The summed E-state index contributed by atoms with van der Waals surface area (Å²) in [5.74, 6) is 2.93. The van der Waals surface area contributed by atoms with E-state index in [4.69, 9.17) is 44.8 Å². The molecule has 9 nitrogen and oxygen atoms in total. The standard InChI is InChI=1S/3C9H12O3.C4H10.C3H8.4C2H6/c3*10-6-8(11)7-12-9-4-2-1-3-5-9;1-4(2)3;1-3-2;4*1-2/h3*1-5,8,10-11H,6-7H2;4H,1-3H3;3H2,1-2H3;4*1-2H3. The van der Waals surface area contributed by atoms with Crippen LogP contribution in [0.2, 0.25) is 0 Å². The lowest BCUT2D eigenvalue weighted by molar-refractivity contribution is 0.0536. The second-order valence-electron chi connectivity index (χ2n) is 9.82. The summed E-state index contributed by atoms with van der Waals surface area (Å²) >= 11 is 0. The van der Waals surface area contributed by atoms with Crippen LogP contribution in [0.4, 0.5) is 0 Å². The summed E-state index contributed by atoms with van der Waals surface area (Å²) < 4.78 is 15.4. The van der Waals surface area contributed by atoms with E-state index in [0.29, 0.717) is 17.2 Å². The molecule has 0 aromatic heterocycles. The van der Waals surface area contributed by atoms with Gasteiger partial charge in [-0.1, -0.05) is 151 Å². The summed E-state index contributed by atoms with van der Waals surface area (Å²) in [7, 11) is 0. The molecule has 9 heteroatoms. The van der Waals surface area contributed by atoms with Gasteiger partial charge in [0.05, 0.1) is 19.8 Å². The third kappa shape index (κ3) is 53.8. The van der Waals surface area contributed by atoms with Crippen LogP contribution in [0.3, 0.4) is 0 Å². The second kappa shape index (κ2) is 53.6. The largest absolute Gasteiger partial charge is 0.491 e. The Kier molecular flexibility index (Phi) is 63.0. The summed E-state index contributed by atoms with van der Waals surface area (Å²) in [4.78, 5) is 0. The predicted molar refractivity (Wildman–Crippen MR) is 217 cm³/mol. The maximum absolute atomic E-state index is 8.94. The van der Waals surface area contributed by atoms with Crippen molar-refractivity contribution in [2.45, 2.75) is 115 Å². The van der Waals surface area contributed by atoms with Crippen molar-refractivity contribution in [3.8, 4) is 17.2 Å². The molecule has 6 N–H and O–H groups in total.